The second-order valence-corrected chi connectivity index (χ2v) is 11.9. The zero-order valence-corrected chi connectivity index (χ0v) is 23.8. The van der Waals surface area contributed by atoms with Crippen molar-refractivity contribution in [2.75, 3.05) is 11.9 Å². The third-order valence-electron chi connectivity index (χ3n) is 5.95. The highest BCUT2D eigenvalue weighted by molar-refractivity contribution is 7.84. The Morgan fingerprint density at radius 3 is 2.42 bits per heavy atom. The molecule has 0 bridgehead atoms. The summed E-state index contributed by atoms with van der Waals surface area (Å²) >= 11 is 1.30. The second kappa shape index (κ2) is 11.4. The van der Waals surface area contributed by atoms with Crippen molar-refractivity contribution in [3.05, 3.63) is 70.2 Å². The van der Waals surface area contributed by atoms with Gasteiger partial charge in [-0.15, -0.1) is 11.3 Å². The summed E-state index contributed by atoms with van der Waals surface area (Å²) in [6.07, 6.45) is 1.58. The largest absolute Gasteiger partial charge is 0.343 e. The number of nitrogens with zero attached hydrogens (tertiary/aromatic N) is 4. The molecule has 4 aromatic rings. The molecule has 4 rings (SSSR count). The van der Waals surface area contributed by atoms with Crippen molar-refractivity contribution >= 4 is 39.3 Å². The first-order chi connectivity index (χ1) is 18.0. The maximum absolute atomic E-state index is 12.7. The topological polar surface area (TPSA) is 119 Å². The normalized spacial score (nSPS) is 12.0. The average molecular weight is 551 g/mol. The van der Waals surface area contributed by atoms with Gasteiger partial charge in [-0.2, -0.15) is 0 Å². The number of anilines is 1. The van der Waals surface area contributed by atoms with E-state index in [0.29, 0.717) is 16.5 Å². The Bertz CT molecular complexity index is 1520. The van der Waals surface area contributed by atoms with Crippen molar-refractivity contribution in [2.24, 2.45) is 0 Å². The standard InChI is InChI=1S/C27H30N6O3S2/c1-15(2)38(36)33-13-22(17(4)18(33)5)26(35)28-12-25(34)32-27-31-24(14-37-27)21-9-7-8-20(11-21)23-10-16(3)29-19(6)30-23/h7-11,13-15H,12H2,1-6H3,(H,28,35)(H,31,32,34). The molecule has 0 aliphatic rings. The van der Waals surface area contributed by atoms with Gasteiger partial charge >= 0.3 is 0 Å². The SMILES string of the molecule is Cc1cc(-c2cccc(-c3csc(NC(=O)CNC(=O)c4cn(S(=O)C(C)C)c(C)c4C)n3)c2)nc(C)n1. The van der Waals surface area contributed by atoms with Crippen molar-refractivity contribution in [3.8, 4) is 22.5 Å². The molecule has 11 heteroatoms. The molecule has 0 aliphatic carbocycles. The Hall–Kier alpha value is -3.70. The number of hydrogen-bond acceptors (Lipinski definition) is 7. The molecule has 38 heavy (non-hydrogen) atoms. The molecule has 2 amide bonds. The fourth-order valence-corrected chi connectivity index (χ4v) is 5.71. The fraction of sp³-hybridized carbons (Fsp3) is 0.296. The molecule has 9 nitrogen and oxygen atoms in total. The summed E-state index contributed by atoms with van der Waals surface area (Å²) in [7, 11) is -1.28. The molecule has 0 radical (unpaired) electrons. The monoisotopic (exact) mass is 550 g/mol. The number of nitrogens with one attached hydrogen (secondary N) is 2. The highest BCUT2D eigenvalue weighted by atomic mass is 32.2. The average Bonchev–Trinajstić information content (AvgIpc) is 3.46. The molecule has 0 spiro atoms. The molecule has 3 heterocycles. The minimum atomic E-state index is -1.28. The summed E-state index contributed by atoms with van der Waals surface area (Å²) < 4.78 is 14.1. The molecule has 0 fully saturated rings. The van der Waals surface area contributed by atoms with Gasteiger partial charge in [-0.1, -0.05) is 18.2 Å². The lowest BCUT2D eigenvalue weighted by molar-refractivity contribution is -0.115. The van der Waals surface area contributed by atoms with Crippen molar-refractivity contribution in [2.45, 2.75) is 46.8 Å². The fourth-order valence-electron chi connectivity index (χ4n) is 3.90. The van der Waals surface area contributed by atoms with Gasteiger partial charge in [-0.3, -0.25) is 13.6 Å². The van der Waals surface area contributed by atoms with Crippen LogP contribution in [0.2, 0.25) is 0 Å². The predicted molar refractivity (Wildman–Crippen MR) is 152 cm³/mol. The van der Waals surface area contributed by atoms with Gasteiger partial charge in [-0.25, -0.2) is 19.2 Å². The Morgan fingerprint density at radius 1 is 1.03 bits per heavy atom. The number of aromatic nitrogens is 4. The summed E-state index contributed by atoms with van der Waals surface area (Å²) in [5, 5.41) is 7.60. The molecule has 2 N–H and O–H groups in total. The van der Waals surface area contributed by atoms with Crippen molar-refractivity contribution in [3.63, 3.8) is 0 Å². The minimum Gasteiger partial charge on any atom is -0.343 e. The molecule has 1 atom stereocenters. The number of carbonyl (C=O) groups is 2. The number of aryl methyl sites for hydroxylation is 2. The lowest BCUT2D eigenvalue weighted by atomic mass is 10.1. The van der Waals surface area contributed by atoms with Gasteiger partial charge in [0.25, 0.3) is 5.91 Å². The van der Waals surface area contributed by atoms with Crippen LogP contribution >= 0.6 is 11.3 Å². The van der Waals surface area contributed by atoms with E-state index in [2.05, 4.69) is 25.6 Å². The van der Waals surface area contributed by atoms with Crippen LogP contribution in [0.4, 0.5) is 5.13 Å². The van der Waals surface area contributed by atoms with Crippen molar-refractivity contribution < 1.29 is 13.8 Å². The first-order valence-electron chi connectivity index (χ1n) is 12.1. The van der Waals surface area contributed by atoms with E-state index in [9.17, 15) is 13.8 Å². The van der Waals surface area contributed by atoms with Gasteiger partial charge in [0.2, 0.25) is 5.91 Å². The summed E-state index contributed by atoms with van der Waals surface area (Å²) in [5.74, 6) is -0.0730. The number of hydrogen-bond donors (Lipinski definition) is 2. The summed E-state index contributed by atoms with van der Waals surface area (Å²) in [6, 6.07) is 9.83. The first kappa shape index (κ1) is 27.3. The van der Waals surface area contributed by atoms with Gasteiger partial charge < -0.3 is 10.6 Å². The van der Waals surface area contributed by atoms with Crippen LogP contribution in [0.3, 0.4) is 0 Å². The maximum atomic E-state index is 12.7. The van der Waals surface area contributed by atoms with Crippen LogP contribution in [0.5, 0.6) is 0 Å². The van der Waals surface area contributed by atoms with E-state index >= 15 is 0 Å². The molecule has 198 valence electrons. The Labute approximate surface area is 228 Å². The molecular formula is C27H30N6O3S2. The predicted octanol–water partition coefficient (Wildman–Crippen LogP) is 4.59. The lowest BCUT2D eigenvalue weighted by Crippen LogP contribution is -2.33. The van der Waals surface area contributed by atoms with E-state index in [1.54, 1.807) is 17.1 Å². The molecular weight excluding hydrogens is 520 g/mol. The minimum absolute atomic E-state index is 0.0893. The van der Waals surface area contributed by atoms with Crippen LogP contribution in [0.15, 0.2) is 41.9 Å². The highest BCUT2D eigenvalue weighted by Gasteiger charge is 2.20. The van der Waals surface area contributed by atoms with Gasteiger partial charge in [0.15, 0.2) is 5.13 Å². The van der Waals surface area contributed by atoms with Crippen LogP contribution in [0.1, 0.15) is 47.0 Å². The second-order valence-electron chi connectivity index (χ2n) is 9.20. The van der Waals surface area contributed by atoms with Gasteiger partial charge in [0, 0.05) is 39.3 Å². The molecule has 0 aliphatic heterocycles. The summed E-state index contributed by atoms with van der Waals surface area (Å²) in [4.78, 5) is 38.7. The highest BCUT2D eigenvalue weighted by Crippen LogP contribution is 2.28. The number of carbonyl (C=O) groups excluding carboxylic acids is 2. The Morgan fingerprint density at radius 2 is 1.74 bits per heavy atom. The van der Waals surface area contributed by atoms with E-state index in [0.717, 1.165) is 39.5 Å². The zero-order valence-electron chi connectivity index (χ0n) is 22.2. The van der Waals surface area contributed by atoms with E-state index < -0.39 is 16.9 Å². The molecule has 3 aromatic heterocycles. The van der Waals surface area contributed by atoms with E-state index in [1.807, 2.05) is 70.3 Å². The van der Waals surface area contributed by atoms with Crippen molar-refractivity contribution in [1.29, 1.82) is 0 Å². The van der Waals surface area contributed by atoms with Gasteiger partial charge in [0.1, 0.15) is 16.8 Å². The maximum Gasteiger partial charge on any atom is 0.253 e. The van der Waals surface area contributed by atoms with Crippen LogP contribution in [-0.2, 0) is 15.8 Å². The number of amides is 2. The summed E-state index contributed by atoms with van der Waals surface area (Å²) in [5.41, 5.74) is 6.21. The lowest BCUT2D eigenvalue weighted by Gasteiger charge is -2.08. The van der Waals surface area contributed by atoms with E-state index in [1.165, 1.54) is 11.3 Å². The van der Waals surface area contributed by atoms with Crippen molar-refractivity contribution in [1.82, 2.24) is 24.2 Å². The third-order valence-corrected chi connectivity index (χ3v) is 8.28. The van der Waals surface area contributed by atoms with E-state index in [-0.39, 0.29) is 17.7 Å². The number of benzene rings is 1. The smallest absolute Gasteiger partial charge is 0.253 e. The van der Waals surface area contributed by atoms with Gasteiger partial charge in [-0.05, 0) is 59.2 Å². The van der Waals surface area contributed by atoms with Crippen LogP contribution in [-0.4, -0.2) is 46.7 Å². The number of rotatable bonds is 8. The molecule has 0 saturated carbocycles. The molecule has 0 saturated heterocycles. The quantitative estimate of drug-likeness (QED) is 0.331. The van der Waals surface area contributed by atoms with Crippen LogP contribution in [0, 0.1) is 27.7 Å². The molecule has 1 aromatic carbocycles. The number of thiazole rings is 1. The van der Waals surface area contributed by atoms with Crippen LogP contribution in [0.25, 0.3) is 22.5 Å². The summed E-state index contributed by atoms with van der Waals surface area (Å²) in [6.45, 7) is 10.9. The Kier molecular flexibility index (Phi) is 8.17. The third kappa shape index (κ3) is 6.05. The first-order valence-corrected chi connectivity index (χ1v) is 14.1. The van der Waals surface area contributed by atoms with Crippen LogP contribution < -0.4 is 10.6 Å². The van der Waals surface area contributed by atoms with E-state index in [4.69, 9.17) is 0 Å². The van der Waals surface area contributed by atoms with Gasteiger partial charge in [0.05, 0.1) is 23.5 Å². The zero-order chi connectivity index (χ0) is 27.6. The molecule has 1 unspecified atom stereocenters. The Balaban J connectivity index is 1.40.